The van der Waals surface area contributed by atoms with E-state index in [1.807, 2.05) is 83.8 Å². The molecule has 2 N–H and O–H groups in total. The zero-order valence-corrected chi connectivity index (χ0v) is 16.6. The number of carbonyl (C=O) groups is 1. The molecule has 3 rings (SSSR count). The summed E-state index contributed by atoms with van der Waals surface area (Å²) in [7, 11) is 1.80. The van der Waals surface area contributed by atoms with Crippen LogP contribution in [0.25, 0.3) is 0 Å². The number of para-hydroxylation sites is 1. The number of urea groups is 1. The molecule has 0 heterocycles. The lowest BCUT2D eigenvalue weighted by atomic mass is 10.1. The predicted octanol–water partition coefficient (Wildman–Crippen LogP) is 5.06. The van der Waals surface area contributed by atoms with Crippen LogP contribution in [-0.2, 0) is 19.6 Å². The van der Waals surface area contributed by atoms with Crippen LogP contribution in [0.1, 0.15) is 16.7 Å². The number of anilines is 1. The lowest BCUT2D eigenvalue weighted by Gasteiger charge is -2.28. The maximum atomic E-state index is 13.2. The van der Waals surface area contributed by atoms with Crippen molar-refractivity contribution in [3.05, 3.63) is 101 Å². The van der Waals surface area contributed by atoms with E-state index in [0.717, 1.165) is 22.4 Å². The van der Waals surface area contributed by atoms with Gasteiger partial charge in [0.1, 0.15) is 0 Å². The Morgan fingerprint density at radius 3 is 1.86 bits per heavy atom. The zero-order chi connectivity index (χ0) is 19.9. The molecule has 0 unspecified atom stereocenters. The standard InChI is InChI=1S/C23H24ClN3O/c1-26(22-5-3-2-4-6-22)23(28)27(17-20-11-13-21(24)14-12-20)16-19-9-7-18(15-25)8-10-19/h2-14H,15-17,25H2,1H3. The van der Waals surface area contributed by atoms with E-state index in [2.05, 4.69) is 0 Å². The summed E-state index contributed by atoms with van der Waals surface area (Å²) in [6, 6.07) is 25.2. The van der Waals surface area contributed by atoms with Crippen molar-refractivity contribution in [2.75, 3.05) is 11.9 Å². The van der Waals surface area contributed by atoms with Crippen LogP contribution >= 0.6 is 11.6 Å². The Bertz CT molecular complexity index is 895. The summed E-state index contributed by atoms with van der Waals surface area (Å²) in [5, 5.41) is 0.681. The highest BCUT2D eigenvalue weighted by Gasteiger charge is 2.20. The van der Waals surface area contributed by atoms with Gasteiger partial charge < -0.3 is 10.6 Å². The smallest absolute Gasteiger partial charge is 0.324 e. The summed E-state index contributed by atoms with van der Waals surface area (Å²) < 4.78 is 0. The van der Waals surface area contributed by atoms with Crippen molar-refractivity contribution < 1.29 is 4.79 Å². The van der Waals surface area contributed by atoms with E-state index in [-0.39, 0.29) is 6.03 Å². The summed E-state index contributed by atoms with van der Waals surface area (Å²) >= 11 is 6.00. The average molecular weight is 394 g/mol. The van der Waals surface area contributed by atoms with E-state index >= 15 is 0 Å². The third kappa shape index (κ3) is 5.12. The van der Waals surface area contributed by atoms with Crippen LogP contribution in [0.5, 0.6) is 0 Å². The Labute approximate surface area is 171 Å². The molecule has 0 aliphatic heterocycles. The SMILES string of the molecule is CN(C(=O)N(Cc1ccc(Cl)cc1)Cc1ccc(CN)cc1)c1ccccc1. The minimum absolute atomic E-state index is 0.0657. The topological polar surface area (TPSA) is 49.6 Å². The first-order valence-electron chi connectivity index (χ1n) is 9.17. The van der Waals surface area contributed by atoms with Gasteiger partial charge in [-0.3, -0.25) is 4.90 Å². The summed E-state index contributed by atoms with van der Waals surface area (Å²) in [5.74, 6) is 0. The second-order valence-corrected chi connectivity index (χ2v) is 7.12. The van der Waals surface area contributed by atoms with Crippen LogP contribution in [0.2, 0.25) is 5.02 Å². The predicted molar refractivity (Wildman–Crippen MR) is 115 cm³/mol. The zero-order valence-electron chi connectivity index (χ0n) is 15.9. The first-order valence-corrected chi connectivity index (χ1v) is 9.54. The third-order valence-electron chi connectivity index (χ3n) is 4.62. The number of carbonyl (C=O) groups excluding carboxylic acids is 1. The Hall–Kier alpha value is -2.82. The Morgan fingerprint density at radius 2 is 1.32 bits per heavy atom. The van der Waals surface area contributed by atoms with Crippen LogP contribution in [0, 0.1) is 0 Å². The second kappa shape index (κ2) is 9.40. The molecule has 4 nitrogen and oxygen atoms in total. The number of hydrogen-bond donors (Lipinski definition) is 1. The lowest BCUT2D eigenvalue weighted by molar-refractivity contribution is 0.200. The Kier molecular flexibility index (Phi) is 6.69. The molecule has 0 radical (unpaired) electrons. The van der Waals surface area contributed by atoms with E-state index in [1.165, 1.54) is 0 Å². The number of benzene rings is 3. The van der Waals surface area contributed by atoms with Crippen molar-refractivity contribution in [1.29, 1.82) is 0 Å². The summed E-state index contributed by atoms with van der Waals surface area (Å²) in [4.78, 5) is 16.7. The molecule has 3 aromatic rings. The van der Waals surface area contributed by atoms with Gasteiger partial charge in [-0.05, 0) is 41.0 Å². The molecule has 0 aliphatic rings. The Balaban J connectivity index is 1.83. The van der Waals surface area contributed by atoms with Crippen LogP contribution in [-0.4, -0.2) is 18.0 Å². The fourth-order valence-electron chi connectivity index (χ4n) is 2.98. The number of hydrogen-bond acceptors (Lipinski definition) is 2. The number of halogens is 1. The summed E-state index contributed by atoms with van der Waals surface area (Å²) in [6.07, 6.45) is 0. The highest BCUT2D eigenvalue weighted by molar-refractivity contribution is 6.30. The number of nitrogens with two attached hydrogens (primary N) is 1. The molecule has 2 amide bonds. The molecular formula is C23H24ClN3O. The van der Waals surface area contributed by atoms with Crippen molar-refractivity contribution in [1.82, 2.24) is 4.90 Å². The molecule has 3 aromatic carbocycles. The molecule has 0 bridgehead atoms. The maximum absolute atomic E-state index is 13.2. The molecule has 5 heteroatoms. The van der Waals surface area contributed by atoms with Gasteiger partial charge in [-0.2, -0.15) is 0 Å². The van der Waals surface area contributed by atoms with Gasteiger partial charge in [0, 0.05) is 37.4 Å². The van der Waals surface area contributed by atoms with E-state index in [9.17, 15) is 4.79 Å². The van der Waals surface area contributed by atoms with Crippen molar-refractivity contribution in [3.8, 4) is 0 Å². The van der Waals surface area contributed by atoms with Gasteiger partial charge in [-0.1, -0.05) is 66.2 Å². The molecule has 0 saturated carbocycles. The molecule has 0 fully saturated rings. The lowest BCUT2D eigenvalue weighted by Crippen LogP contribution is -2.40. The van der Waals surface area contributed by atoms with E-state index in [1.54, 1.807) is 11.9 Å². The minimum Gasteiger partial charge on any atom is -0.326 e. The molecule has 144 valence electrons. The van der Waals surface area contributed by atoms with E-state index < -0.39 is 0 Å². The average Bonchev–Trinajstić information content (AvgIpc) is 2.75. The molecule has 0 aromatic heterocycles. The number of rotatable bonds is 6. The molecule has 0 atom stereocenters. The quantitative estimate of drug-likeness (QED) is 0.636. The van der Waals surface area contributed by atoms with Gasteiger partial charge in [0.25, 0.3) is 0 Å². The molecular weight excluding hydrogens is 370 g/mol. The van der Waals surface area contributed by atoms with Crippen molar-refractivity contribution in [3.63, 3.8) is 0 Å². The van der Waals surface area contributed by atoms with Crippen LogP contribution in [0.4, 0.5) is 10.5 Å². The third-order valence-corrected chi connectivity index (χ3v) is 4.87. The first kappa shape index (κ1) is 19.9. The molecule has 28 heavy (non-hydrogen) atoms. The molecule has 0 spiro atoms. The fraction of sp³-hybridized carbons (Fsp3) is 0.174. The van der Waals surface area contributed by atoms with Gasteiger partial charge in [0.05, 0.1) is 0 Å². The normalized spacial score (nSPS) is 10.5. The first-order chi connectivity index (χ1) is 13.6. The van der Waals surface area contributed by atoms with Gasteiger partial charge >= 0.3 is 6.03 Å². The summed E-state index contributed by atoms with van der Waals surface area (Å²) in [5.41, 5.74) is 9.69. The van der Waals surface area contributed by atoms with Crippen LogP contribution in [0.15, 0.2) is 78.9 Å². The minimum atomic E-state index is -0.0657. The van der Waals surface area contributed by atoms with Crippen molar-refractivity contribution >= 4 is 23.3 Å². The number of amides is 2. The second-order valence-electron chi connectivity index (χ2n) is 6.68. The Morgan fingerprint density at radius 1 is 0.821 bits per heavy atom. The van der Waals surface area contributed by atoms with Crippen molar-refractivity contribution in [2.24, 2.45) is 5.73 Å². The largest absolute Gasteiger partial charge is 0.326 e. The number of nitrogens with zero attached hydrogens (tertiary/aromatic N) is 2. The van der Waals surface area contributed by atoms with Crippen LogP contribution < -0.4 is 10.6 Å². The molecule has 0 aliphatic carbocycles. The van der Waals surface area contributed by atoms with E-state index in [4.69, 9.17) is 17.3 Å². The highest BCUT2D eigenvalue weighted by Crippen LogP contribution is 2.19. The van der Waals surface area contributed by atoms with Gasteiger partial charge in [0.15, 0.2) is 0 Å². The molecule has 0 saturated heterocycles. The maximum Gasteiger partial charge on any atom is 0.324 e. The summed E-state index contributed by atoms with van der Waals surface area (Å²) in [6.45, 7) is 1.50. The van der Waals surface area contributed by atoms with Crippen LogP contribution in [0.3, 0.4) is 0 Å². The van der Waals surface area contributed by atoms with Crippen molar-refractivity contribution in [2.45, 2.75) is 19.6 Å². The van der Waals surface area contributed by atoms with E-state index in [0.29, 0.717) is 24.7 Å². The van der Waals surface area contributed by atoms with Gasteiger partial charge in [-0.25, -0.2) is 4.79 Å². The fourth-order valence-corrected chi connectivity index (χ4v) is 3.10. The van der Waals surface area contributed by atoms with Gasteiger partial charge in [-0.15, -0.1) is 0 Å². The van der Waals surface area contributed by atoms with Gasteiger partial charge in [0.2, 0.25) is 0 Å². The highest BCUT2D eigenvalue weighted by atomic mass is 35.5. The monoisotopic (exact) mass is 393 g/mol.